The van der Waals surface area contributed by atoms with Gasteiger partial charge in [0.15, 0.2) is 0 Å². The van der Waals surface area contributed by atoms with Crippen LogP contribution in [-0.4, -0.2) is 43.5 Å². The topological polar surface area (TPSA) is 58.6 Å². The first kappa shape index (κ1) is 18.6. The van der Waals surface area contributed by atoms with Crippen molar-refractivity contribution in [3.8, 4) is 0 Å². The number of carbonyl (C=O) groups is 2. The van der Waals surface area contributed by atoms with Gasteiger partial charge in [-0.25, -0.2) is 0 Å². The van der Waals surface area contributed by atoms with Crippen LogP contribution >= 0.6 is 11.3 Å². The summed E-state index contributed by atoms with van der Waals surface area (Å²) in [6.07, 6.45) is 1.90. The van der Waals surface area contributed by atoms with Crippen molar-refractivity contribution in [1.29, 1.82) is 0 Å². The Balaban J connectivity index is 1.63. The van der Waals surface area contributed by atoms with Gasteiger partial charge in [-0.2, -0.15) is 0 Å². The molecule has 1 atom stereocenters. The fraction of sp³-hybridized carbons (Fsp3) is 0.400. The maximum absolute atomic E-state index is 12.4. The molecule has 1 aliphatic heterocycles. The van der Waals surface area contributed by atoms with Crippen molar-refractivity contribution < 1.29 is 14.3 Å². The second-order valence-electron chi connectivity index (χ2n) is 6.36. The Morgan fingerprint density at radius 1 is 1.27 bits per heavy atom. The first-order chi connectivity index (χ1) is 12.7. The molecular formula is C20H24N2O3S. The largest absolute Gasteiger partial charge is 0.469 e. The van der Waals surface area contributed by atoms with Gasteiger partial charge in [0, 0.05) is 24.4 Å². The fourth-order valence-electron chi connectivity index (χ4n) is 3.37. The average molecular weight is 372 g/mol. The zero-order chi connectivity index (χ0) is 18.4. The molecule has 0 spiro atoms. The standard InChI is InChI=1S/C20H24N2O3S/c1-25-19(24)8-5-11-21-18(23)14-22-12-9-17-16(10-13-26-17)20(22)15-6-3-2-4-7-15/h2-4,6-7,10,13,20H,5,8-9,11-12,14H2,1H3,(H,21,23)/t20-/m1/s1. The van der Waals surface area contributed by atoms with Gasteiger partial charge < -0.3 is 10.1 Å². The van der Waals surface area contributed by atoms with Gasteiger partial charge in [-0.3, -0.25) is 14.5 Å². The molecule has 6 heteroatoms. The number of amides is 1. The van der Waals surface area contributed by atoms with E-state index in [0.717, 1.165) is 13.0 Å². The lowest BCUT2D eigenvalue weighted by Gasteiger charge is -2.35. The number of carbonyl (C=O) groups excluding carboxylic acids is 2. The first-order valence-electron chi connectivity index (χ1n) is 8.88. The second kappa shape index (κ2) is 8.96. The molecule has 0 saturated heterocycles. The zero-order valence-corrected chi connectivity index (χ0v) is 15.8. The molecular weight excluding hydrogens is 348 g/mol. The third-order valence-electron chi connectivity index (χ3n) is 4.64. The van der Waals surface area contributed by atoms with Gasteiger partial charge in [0.25, 0.3) is 0 Å². The van der Waals surface area contributed by atoms with E-state index in [2.05, 4.69) is 38.5 Å². The third kappa shape index (κ3) is 4.51. The third-order valence-corrected chi connectivity index (χ3v) is 5.63. The lowest BCUT2D eigenvalue weighted by Crippen LogP contribution is -2.43. The van der Waals surface area contributed by atoms with Gasteiger partial charge in [-0.05, 0) is 35.4 Å². The van der Waals surface area contributed by atoms with Crippen molar-refractivity contribution in [2.45, 2.75) is 25.3 Å². The Labute approximate surface area is 158 Å². The average Bonchev–Trinajstić information content (AvgIpc) is 3.14. The number of rotatable bonds is 7. The summed E-state index contributed by atoms with van der Waals surface area (Å²) in [5, 5.41) is 5.05. The molecule has 1 aromatic heterocycles. The first-order valence-corrected chi connectivity index (χ1v) is 9.76. The molecule has 0 radical (unpaired) electrons. The Kier molecular flexibility index (Phi) is 6.41. The maximum atomic E-state index is 12.4. The summed E-state index contributed by atoms with van der Waals surface area (Å²) in [7, 11) is 1.37. The van der Waals surface area contributed by atoms with Crippen LogP contribution in [0.25, 0.3) is 0 Å². The van der Waals surface area contributed by atoms with Crippen molar-refractivity contribution in [2.24, 2.45) is 0 Å². The fourth-order valence-corrected chi connectivity index (χ4v) is 4.27. The van der Waals surface area contributed by atoms with Crippen LogP contribution in [0.15, 0.2) is 41.8 Å². The molecule has 1 amide bonds. The number of ether oxygens (including phenoxy) is 1. The highest BCUT2D eigenvalue weighted by molar-refractivity contribution is 7.10. The van der Waals surface area contributed by atoms with Gasteiger partial charge >= 0.3 is 5.97 Å². The van der Waals surface area contributed by atoms with E-state index in [1.165, 1.54) is 23.1 Å². The Morgan fingerprint density at radius 3 is 2.85 bits per heavy atom. The molecule has 1 aliphatic rings. The SMILES string of the molecule is COC(=O)CCCNC(=O)CN1CCc2sccc2[C@H]1c1ccccc1. The van der Waals surface area contributed by atoms with E-state index in [4.69, 9.17) is 0 Å². The molecule has 2 heterocycles. The second-order valence-corrected chi connectivity index (χ2v) is 7.36. The van der Waals surface area contributed by atoms with E-state index in [0.29, 0.717) is 25.9 Å². The molecule has 2 aromatic rings. The Morgan fingerprint density at radius 2 is 2.08 bits per heavy atom. The number of hydrogen-bond acceptors (Lipinski definition) is 5. The predicted octanol–water partition coefficient (Wildman–Crippen LogP) is 2.77. The summed E-state index contributed by atoms with van der Waals surface area (Å²) in [5.41, 5.74) is 2.52. The van der Waals surface area contributed by atoms with E-state index in [1.54, 1.807) is 11.3 Å². The number of esters is 1. The van der Waals surface area contributed by atoms with Crippen molar-refractivity contribution in [1.82, 2.24) is 10.2 Å². The van der Waals surface area contributed by atoms with Crippen LogP contribution in [0.5, 0.6) is 0 Å². The number of fused-ring (bicyclic) bond motifs is 1. The number of thiophene rings is 1. The molecule has 26 heavy (non-hydrogen) atoms. The zero-order valence-electron chi connectivity index (χ0n) is 14.9. The molecule has 0 bridgehead atoms. The molecule has 1 N–H and O–H groups in total. The van der Waals surface area contributed by atoms with E-state index < -0.39 is 0 Å². The summed E-state index contributed by atoms with van der Waals surface area (Å²) in [6, 6.07) is 12.6. The molecule has 1 aromatic carbocycles. The minimum absolute atomic E-state index is 0.00511. The van der Waals surface area contributed by atoms with Crippen LogP contribution in [0.4, 0.5) is 0 Å². The quantitative estimate of drug-likeness (QED) is 0.600. The van der Waals surface area contributed by atoms with Crippen LogP contribution in [0.1, 0.15) is 34.9 Å². The van der Waals surface area contributed by atoms with Crippen molar-refractivity contribution in [3.63, 3.8) is 0 Å². The molecule has 0 fully saturated rings. The van der Waals surface area contributed by atoms with Crippen LogP contribution in [0.3, 0.4) is 0 Å². The van der Waals surface area contributed by atoms with Crippen LogP contribution < -0.4 is 5.32 Å². The summed E-state index contributed by atoms with van der Waals surface area (Å²) in [4.78, 5) is 27.2. The maximum Gasteiger partial charge on any atom is 0.305 e. The van der Waals surface area contributed by atoms with E-state index in [1.807, 2.05) is 18.2 Å². The monoisotopic (exact) mass is 372 g/mol. The van der Waals surface area contributed by atoms with Crippen molar-refractivity contribution in [2.75, 3.05) is 26.7 Å². The van der Waals surface area contributed by atoms with Crippen LogP contribution in [0.2, 0.25) is 0 Å². The lowest BCUT2D eigenvalue weighted by molar-refractivity contribution is -0.140. The smallest absolute Gasteiger partial charge is 0.305 e. The van der Waals surface area contributed by atoms with Crippen LogP contribution in [-0.2, 0) is 20.7 Å². The predicted molar refractivity (Wildman–Crippen MR) is 102 cm³/mol. The highest BCUT2D eigenvalue weighted by Crippen LogP contribution is 2.37. The molecule has 0 aliphatic carbocycles. The molecule has 0 saturated carbocycles. The number of hydrogen-bond donors (Lipinski definition) is 1. The highest BCUT2D eigenvalue weighted by Gasteiger charge is 2.30. The van der Waals surface area contributed by atoms with Crippen molar-refractivity contribution in [3.05, 3.63) is 57.8 Å². The minimum Gasteiger partial charge on any atom is -0.469 e. The summed E-state index contributed by atoms with van der Waals surface area (Å²) >= 11 is 1.80. The van der Waals surface area contributed by atoms with Gasteiger partial charge in [0.2, 0.25) is 5.91 Å². The number of benzene rings is 1. The Hall–Kier alpha value is -2.18. The Bertz CT molecular complexity index is 745. The minimum atomic E-state index is -0.246. The van der Waals surface area contributed by atoms with Gasteiger partial charge in [-0.1, -0.05) is 30.3 Å². The van der Waals surface area contributed by atoms with E-state index in [-0.39, 0.29) is 17.9 Å². The summed E-state index contributed by atoms with van der Waals surface area (Å²) in [6.45, 7) is 1.71. The highest BCUT2D eigenvalue weighted by atomic mass is 32.1. The summed E-state index contributed by atoms with van der Waals surface area (Å²) in [5.74, 6) is -0.251. The molecule has 138 valence electrons. The van der Waals surface area contributed by atoms with Gasteiger partial charge in [0.05, 0.1) is 19.7 Å². The van der Waals surface area contributed by atoms with Gasteiger partial charge in [-0.15, -0.1) is 11.3 Å². The summed E-state index contributed by atoms with van der Waals surface area (Å²) < 4.78 is 4.61. The molecule has 0 unspecified atom stereocenters. The lowest BCUT2D eigenvalue weighted by atomic mass is 9.93. The molecule has 3 rings (SSSR count). The van der Waals surface area contributed by atoms with Crippen molar-refractivity contribution >= 4 is 23.2 Å². The van der Waals surface area contributed by atoms with E-state index >= 15 is 0 Å². The number of nitrogens with zero attached hydrogens (tertiary/aromatic N) is 1. The van der Waals surface area contributed by atoms with Crippen LogP contribution in [0, 0.1) is 0 Å². The van der Waals surface area contributed by atoms with E-state index in [9.17, 15) is 9.59 Å². The number of methoxy groups -OCH3 is 1. The normalized spacial score (nSPS) is 16.7. The van der Waals surface area contributed by atoms with Gasteiger partial charge in [0.1, 0.15) is 0 Å². The molecule has 5 nitrogen and oxygen atoms in total. The number of nitrogens with one attached hydrogen (secondary N) is 1.